The molecule has 7 heteroatoms. The van der Waals surface area contributed by atoms with Crippen molar-refractivity contribution in [1.82, 2.24) is 0 Å². The lowest BCUT2D eigenvalue weighted by Gasteiger charge is -2.31. The first-order chi connectivity index (χ1) is 8.74. The fourth-order valence-electron chi connectivity index (χ4n) is 2.22. The number of carbonyl (C=O) groups excluding carboxylic acids is 1. The smallest absolute Gasteiger partial charge is 0.440 e. The quantitative estimate of drug-likeness (QED) is 0.585. The Balaban J connectivity index is 2.59. The molecule has 104 valence electrons. The predicted octanol–water partition coefficient (Wildman–Crippen LogP) is 2.80. The fraction of sp³-hybridized carbons (Fsp3) is 0.417. The number of esters is 1. The van der Waals surface area contributed by atoms with E-state index in [1.54, 1.807) is 0 Å². The molecule has 2 atom stereocenters. The summed E-state index contributed by atoms with van der Waals surface area (Å²) in [4.78, 5) is 11.6. The zero-order valence-corrected chi connectivity index (χ0v) is 10.0. The molecule has 0 N–H and O–H groups in total. The predicted molar refractivity (Wildman–Crippen MR) is 56.2 cm³/mol. The van der Waals surface area contributed by atoms with Gasteiger partial charge in [0.25, 0.3) is 0 Å². The van der Waals surface area contributed by atoms with E-state index in [1.165, 1.54) is 13.0 Å². The van der Waals surface area contributed by atoms with Crippen LogP contribution in [0.2, 0.25) is 0 Å². The van der Waals surface area contributed by atoms with Crippen molar-refractivity contribution in [1.29, 1.82) is 0 Å². The zero-order chi connectivity index (χ0) is 14.4. The number of fused-ring (bicyclic) bond motifs is 1. The Kier molecular flexibility index (Phi) is 2.95. The molecule has 1 aliphatic rings. The molecule has 2 rings (SSSR count). The molecule has 2 unspecified atom stereocenters. The Bertz CT molecular complexity index is 526. The molecule has 1 aromatic carbocycles. The standard InChI is InChI=1S/C12H10F4O3/c1-6-8-4-3-7(13)5-9(8)19-11(6,10(17)18-2)12(14,15)16/h3-6H,1-2H3. The van der Waals surface area contributed by atoms with Crippen LogP contribution in [0.15, 0.2) is 18.2 Å². The van der Waals surface area contributed by atoms with Crippen molar-refractivity contribution < 1.29 is 31.8 Å². The number of methoxy groups -OCH3 is 1. The largest absolute Gasteiger partial charge is 0.466 e. The van der Waals surface area contributed by atoms with E-state index in [4.69, 9.17) is 4.74 Å². The molecule has 0 saturated carbocycles. The average molecular weight is 278 g/mol. The highest BCUT2D eigenvalue weighted by atomic mass is 19.4. The van der Waals surface area contributed by atoms with Gasteiger partial charge in [0.1, 0.15) is 11.6 Å². The average Bonchev–Trinajstić information content (AvgIpc) is 2.61. The van der Waals surface area contributed by atoms with Crippen molar-refractivity contribution in [3.8, 4) is 5.75 Å². The van der Waals surface area contributed by atoms with Crippen LogP contribution in [-0.4, -0.2) is 24.9 Å². The first-order valence-corrected chi connectivity index (χ1v) is 5.37. The molecular formula is C12H10F4O3. The van der Waals surface area contributed by atoms with Gasteiger partial charge in [-0.2, -0.15) is 13.2 Å². The normalized spacial score (nSPS) is 25.7. The van der Waals surface area contributed by atoms with Crippen LogP contribution < -0.4 is 4.74 Å². The van der Waals surface area contributed by atoms with Crippen LogP contribution in [0.25, 0.3) is 0 Å². The monoisotopic (exact) mass is 278 g/mol. The van der Waals surface area contributed by atoms with Gasteiger partial charge in [-0.3, -0.25) is 0 Å². The van der Waals surface area contributed by atoms with Crippen LogP contribution in [0.1, 0.15) is 18.4 Å². The van der Waals surface area contributed by atoms with Crippen molar-refractivity contribution >= 4 is 5.97 Å². The maximum Gasteiger partial charge on any atom is 0.440 e. The van der Waals surface area contributed by atoms with Gasteiger partial charge in [-0.1, -0.05) is 13.0 Å². The molecule has 0 amide bonds. The summed E-state index contributed by atoms with van der Waals surface area (Å²) in [5.74, 6) is -3.91. The highest BCUT2D eigenvalue weighted by Crippen LogP contribution is 2.52. The number of ether oxygens (including phenoxy) is 2. The molecule has 19 heavy (non-hydrogen) atoms. The lowest BCUT2D eigenvalue weighted by molar-refractivity contribution is -0.252. The SMILES string of the molecule is COC(=O)C1(C(F)(F)F)Oc2cc(F)ccc2C1C. The van der Waals surface area contributed by atoms with Crippen molar-refractivity contribution in [3.63, 3.8) is 0 Å². The number of hydrogen-bond donors (Lipinski definition) is 0. The summed E-state index contributed by atoms with van der Waals surface area (Å²) in [7, 11) is 0.843. The number of benzene rings is 1. The Morgan fingerprint density at radius 3 is 2.58 bits per heavy atom. The van der Waals surface area contributed by atoms with Gasteiger partial charge < -0.3 is 9.47 Å². The summed E-state index contributed by atoms with van der Waals surface area (Å²) in [6.45, 7) is 1.19. The van der Waals surface area contributed by atoms with Crippen LogP contribution in [-0.2, 0) is 9.53 Å². The fourth-order valence-corrected chi connectivity index (χ4v) is 2.22. The second-order valence-electron chi connectivity index (χ2n) is 4.23. The molecule has 1 heterocycles. The minimum absolute atomic E-state index is 0.115. The summed E-state index contributed by atoms with van der Waals surface area (Å²) in [6, 6.07) is 3.01. The molecule has 1 aliphatic heterocycles. The van der Waals surface area contributed by atoms with Gasteiger partial charge in [-0.05, 0) is 6.07 Å². The third-order valence-electron chi connectivity index (χ3n) is 3.23. The van der Waals surface area contributed by atoms with Crippen LogP contribution in [0.3, 0.4) is 0 Å². The molecule has 0 bridgehead atoms. The van der Waals surface area contributed by atoms with E-state index in [1.807, 2.05) is 0 Å². The molecule has 0 aromatic heterocycles. The number of hydrogen-bond acceptors (Lipinski definition) is 3. The lowest BCUT2D eigenvalue weighted by Crippen LogP contribution is -2.58. The van der Waals surface area contributed by atoms with E-state index in [0.717, 1.165) is 19.2 Å². The van der Waals surface area contributed by atoms with Gasteiger partial charge in [0.05, 0.1) is 7.11 Å². The third-order valence-corrected chi connectivity index (χ3v) is 3.23. The maximum absolute atomic E-state index is 13.2. The molecule has 0 radical (unpaired) electrons. The van der Waals surface area contributed by atoms with Crippen LogP contribution in [0.5, 0.6) is 5.75 Å². The van der Waals surface area contributed by atoms with Gasteiger partial charge in [0, 0.05) is 17.5 Å². The van der Waals surface area contributed by atoms with E-state index in [0.29, 0.717) is 0 Å². The van der Waals surface area contributed by atoms with Crippen molar-refractivity contribution in [3.05, 3.63) is 29.6 Å². The Hall–Kier alpha value is -1.79. The second-order valence-corrected chi connectivity index (χ2v) is 4.23. The minimum Gasteiger partial charge on any atom is -0.466 e. The molecule has 1 aromatic rings. The lowest BCUT2D eigenvalue weighted by atomic mass is 9.85. The third kappa shape index (κ3) is 1.75. The first-order valence-electron chi connectivity index (χ1n) is 5.37. The van der Waals surface area contributed by atoms with Crippen molar-refractivity contribution in [2.45, 2.75) is 24.6 Å². The van der Waals surface area contributed by atoms with E-state index in [-0.39, 0.29) is 11.3 Å². The number of halogens is 4. The van der Waals surface area contributed by atoms with Gasteiger partial charge in [-0.25, -0.2) is 9.18 Å². The molecule has 0 saturated heterocycles. The van der Waals surface area contributed by atoms with E-state index >= 15 is 0 Å². The van der Waals surface area contributed by atoms with E-state index in [9.17, 15) is 22.4 Å². The van der Waals surface area contributed by atoms with Gasteiger partial charge in [-0.15, -0.1) is 0 Å². The summed E-state index contributed by atoms with van der Waals surface area (Å²) < 4.78 is 61.8. The Morgan fingerprint density at radius 1 is 1.42 bits per heavy atom. The van der Waals surface area contributed by atoms with E-state index in [2.05, 4.69) is 4.74 Å². The summed E-state index contributed by atoms with van der Waals surface area (Å²) >= 11 is 0. The highest BCUT2D eigenvalue weighted by molar-refractivity contribution is 5.84. The maximum atomic E-state index is 13.2. The van der Waals surface area contributed by atoms with Crippen LogP contribution in [0, 0.1) is 5.82 Å². The topological polar surface area (TPSA) is 35.5 Å². The Labute approximate surface area is 106 Å². The minimum atomic E-state index is -4.98. The molecular weight excluding hydrogens is 268 g/mol. The number of alkyl halides is 3. The first kappa shape index (κ1) is 13.6. The molecule has 0 spiro atoms. The number of carbonyl (C=O) groups is 1. The van der Waals surface area contributed by atoms with Crippen molar-refractivity contribution in [2.24, 2.45) is 0 Å². The van der Waals surface area contributed by atoms with Crippen molar-refractivity contribution in [2.75, 3.05) is 7.11 Å². The van der Waals surface area contributed by atoms with Gasteiger partial charge >= 0.3 is 17.7 Å². The molecule has 0 fully saturated rings. The van der Waals surface area contributed by atoms with E-state index < -0.39 is 29.5 Å². The zero-order valence-electron chi connectivity index (χ0n) is 10.0. The molecule has 0 aliphatic carbocycles. The van der Waals surface area contributed by atoms with Crippen LogP contribution >= 0.6 is 0 Å². The highest BCUT2D eigenvalue weighted by Gasteiger charge is 2.70. The molecule has 3 nitrogen and oxygen atoms in total. The Morgan fingerprint density at radius 2 is 2.05 bits per heavy atom. The second kappa shape index (κ2) is 4.11. The summed E-state index contributed by atoms with van der Waals surface area (Å²) in [5, 5.41) is 0. The summed E-state index contributed by atoms with van der Waals surface area (Å²) in [5.41, 5.74) is -3.01. The van der Waals surface area contributed by atoms with Gasteiger partial charge in [0.2, 0.25) is 0 Å². The van der Waals surface area contributed by atoms with Crippen LogP contribution in [0.4, 0.5) is 17.6 Å². The summed E-state index contributed by atoms with van der Waals surface area (Å²) in [6.07, 6.45) is -4.98. The number of rotatable bonds is 1. The van der Waals surface area contributed by atoms with Gasteiger partial charge in [0.15, 0.2) is 0 Å².